The van der Waals surface area contributed by atoms with E-state index in [1.165, 1.54) is 0 Å². The van der Waals surface area contributed by atoms with E-state index in [1.54, 1.807) is 12.3 Å². The number of nitrogens with zero attached hydrogens (tertiary/aromatic N) is 2. The van der Waals surface area contributed by atoms with Gasteiger partial charge < -0.3 is 8.98 Å². The number of aromatic nitrogens is 1. The molecule has 4 rings (SSSR count). The van der Waals surface area contributed by atoms with Crippen LogP contribution in [0.5, 0.6) is 0 Å². The van der Waals surface area contributed by atoms with Crippen molar-refractivity contribution in [3.05, 3.63) is 70.5 Å². The van der Waals surface area contributed by atoms with Gasteiger partial charge in [-0.1, -0.05) is 34.1 Å². The van der Waals surface area contributed by atoms with E-state index in [0.717, 1.165) is 32.9 Å². The first-order valence-electron chi connectivity index (χ1n) is 8.26. The lowest BCUT2D eigenvalue weighted by molar-refractivity contribution is 0.0929. The van der Waals surface area contributed by atoms with Crippen LogP contribution in [0, 0.1) is 0 Å². The van der Waals surface area contributed by atoms with Gasteiger partial charge in [0.25, 0.3) is 0 Å². The Morgan fingerprint density at radius 2 is 2.12 bits per heavy atom. The van der Waals surface area contributed by atoms with Crippen LogP contribution in [0.15, 0.2) is 68.7 Å². The lowest BCUT2D eigenvalue weighted by Gasteiger charge is -1.97. The fourth-order valence-corrected chi connectivity index (χ4v) is 3.36. The number of fused-ring (bicyclic) bond motifs is 2. The zero-order valence-electron chi connectivity index (χ0n) is 14.1. The zero-order chi connectivity index (χ0) is 18.1. The van der Waals surface area contributed by atoms with Gasteiger partial charge in [0.05, 0.1) is 6.21 Å². The Morgan fingerprint density at radius 1 is 1.27 bits per heavy atom. The number of nitrogens with one attached hydrogen (secondary N) is 1. The molecule has 0 unspecified atom stereocenters. The van der Waals surface area contributed by atoms with Crippen LogP contribution < -0.4 is 5.43 Å². The third kappa shape index (κ3) is 3.04. The van der Waals surface area contributed by atoms with E-state index in [4.69, 9.17) is 4.42 Å². The number of carbonyl (C=O) groups excluding carboxylic acids is 1. The summed E-state index contributed by atoms with van der Waals surface area (Å²) in [5.74, 6) is -0.154. The third-order valence-electron chi connectivity index (χ3n) is 4.23. The Bertz CT molecular complexity index is 1140. The number of hydrazone groups is 1. The number of aryl methyl sites for hydroxylation is 1. The first-order chi connectivity index (χ1) is 12.7. The molecule has 2 aromatic heterocycles. The Kier molecular flexibility index (Phi) is 4.34. The van der Waals surface area contributed by atoms with Crippen LogP contribution in [-0.4, -0.2) is 16.7 Å². The number of hydrogen-bond acceptors (Lipinski definition) is 3. The van der Waals surface area contributed by atoms with Crippen molar-refractivity contribution in [2.75, 3.05) is 0 Å². The highest BCUT2D eigenvalue weighted by atomic mass is 79.9. The van der Waals surface area contributed by atoms with Crippen LogP contribution in [0.25, 0.3) is 21.9 Å². The smallest absolute Gasteiger partial charge is 0.307 e. The van der Waals surface area contributed by atoms with Crippen molar-refractivity contribution in [2.24, 2.45) is 5.10 Å². The molecule has 0 saturated carbocycles. The van der Waals surface area contributed by atoms with Gasteiger partial charge >= 0.3 is 5.91 Å². The highest BCUT2D eigenvalue weighted by Crippen LogP contribution is 2.23. The summed E-state index contributed by atoms with van der Waals surface area (Å²) in [4.78, 5) is 12.3. The second-order valence-electron chi connectivity index (χ2n) is 5.88. The minimum Gasteiger partial charge on any atom is -0.451 e. The Hall–Kier alpha value is -2.86. The van der Waals surface area contributed by atoms with Gasteiger partial charge in [-0.25, -0.2) is 5.43 Å². The normalized spacial score (nSPS) is 11.6. The van der Waals surface area contributed by atoms with Crippen molar-refractivity contribution in [1.29, 1.82) is 0 Å². The molecule has 2 aromatic carbocycles. The van der Waals surface area contributed by atoms with Crippen LogP contribution in [0.4, 0.5) is 0 Å². The molecule has 0 saturated heterocycles. The average Bonchev–Trinajstić information content (AvgIpc) is 3.23. The number of carbonyl (C=O) groups is 1. The quantitative estimate of drug-likeness (QED) is 0.383. The standard InChI is InChI=1S/C20H16BrN3O2/c1-2-24-12-14(16-5-3-4-6-17(16)24)11-22-23-20(25)19-10-13-9-15(21)7-8-18(13)26-19/h3-12H,2H2,1H3,(H,23,25)/b22-11+. The molecule has 0 spiro atoms. The largest absolute Gasteiger partial charge is 0.451 e. The van der Waals surface area contributed by atoms with Crippen molar-refractivity contribution >= 4 is 49.9 Å². The van der Waals surface area contributed by atoms with Gasteiger partial charge in [-0.3, -0.25) is 4.79 Å². The molecule has 2 heterocycles. The van der Waals surface area contributed by atoms with E-state index < -0.39 is 0 Å². The highest BCUT2D eigenvalue weighted by Gasteiger charge is 2.12. The van der Waals surface area contributed by atoms with E-state index in [9.17, 15) is 4.79 Å². The molecule has 5 nitrogen and oxygen atoms in total. The molecular weight excluding hydrogens is 394 g/mol. The van der Waals surface area contributed by atoms with E-state index in [2.05, 4.69) is 44.0 Å². The van der Waals surface area contributed by atoms with Crippen LogP contribution in [-0.2, 0) is 6.54 Å². The van der Waals surface area contributed by atoms with Gasteiger partial charge in [-0.2, -0.15) is 5.10 Å². The average molecular weight is 410 g/mol. The van der Waals surface area contributed by atoms with Gasteiger partial charge in [-0.15, -0.1) is 0 Å². The molecule has 0 fully saturated rings. The van der Waals surface area contributed by atoms with Crippen molar-refractivity contribution in [2.45, 2.75) is 13.5 Å². The fourth-order valence-electron chi connectivity index (χ4n) is 2.98. The summed E-state index contributed by atoms with van der Waals surface area (Å²) < 4.78 is 8.65. The number of furan rings is 1. The van der Waals surface area contributed by atoms with E-state index in [1.807, 2.05) is 42.6 Å². The molecule has 4 aromatic rings. The van der Waals surface area contributed by atoms with Crippen molar-refractivity contribution in [3.8, 4) is 0 Å². The molecule has 0 aliphatic carbocycles. The number of amides is 1. The van der Waals surface area contributed by atoms with Crippen LogP contribution in [0.3, 0.4) is 0 Å². The highest BCUT2D eigenvalue weighted by molar-refractivity contribution is 9.10. The molecule has 0 atom stereocenters. The summed E-state index contributed by atoms with van der Waals surface area (Å²) in [6.07, 6.45) is 3.69. The molecule has 130 valence electrons. The van der Waals surface area contributed by atoms with Gasteiger partial charge in [0.15, 0.2) is 5.76 Å². The van der Waals surface area contributed by atoms with E-state index in [-0.39, 0.29) is 11.7 Å². The van der Waals surface area contributed by atoms with Gasteiger partial charge in [-0.05, 0) is 37.3 Å². The lowest BCUT2D eigenvalue weighted by Crippen LogP contribution is -2.16. The maximum Gasteiger partial charge on any atom is 0.307 e. The van der Waals surface area contributed by atoms with Crippen molar-refractivity contribution < 1.29 is 9.21 Å². The number of hydrogen-bond donors (Lipinski definition) is 1. The minimum absolute atomic E-state index is 0.228. The number of rotatable bonds is 4. The lowest BCUT2D eigenvalue weighted by atomic mass is 10.2. The summed E-state index contributed by atoms with van der Waals surface area (Å²) in [5.41, 5.74) is 5.29. The maximum absolute atomic E-state index is 12.3. The second-order valence-corrected chi connectivity index (χ2v) is 6.80. The molecular formula is C20H16BrN3O2. The summed E-state index contributed by atoms with van der Waals surface area (Å²) >= 11 is 3.41. The monoisotopic (exact) mass is 409 g/mol. The third-order valence-corrected chi connectivity index (χ3v) is 4.73. The summed E-state index contributed by atoms with van der Waals surface area (Å²) in [6.45, 7) is 2.96. The number of para-hydroxylation sites is 1. The molecule has 6 heteroatoms. The van der Waals surface area contributed by atoms with Crippen molar-refractivity contribution in [1.82, 2.24) is 9.99 Å². The second kappa shape index (κ2) is 6.80. The fraction of sp³-hybridized carbons (Fsp3) is 0.100. The SMILES string of the molecule is CCn1cc(/C=N/NC(=O)c2cc3cc(Br)ccc3o2)c2ccccc21. The molecule has 1 N–H and O–H groups in total. The predicted octanol–water partition coefficient (Wildman–Crippen LogP) is 4.93. The van der Waals surface area contributed by atoms with Crippen molar-refractivity contribution in [3.63, 3.8) is 0 Å². The van der Waals surface area contributed by atoms with E-state index in [0.29, 0.717) is 5.58 Å². The number of benzene rings is 2. The van der Waals surface area contributed by atoms with Crippen LogP contribution in [0.1, 0.15) is 23.0 Å². The molecule has 0 bridgehead atoms. The molecule has 0 aliphatic heterocycles. The first-order valence-corrected chi connectivity index (χ1v) is 9.05. The molecule has 0 aliphatic rings. The predicted molar refractivity (Wildman–Crippen MR) is 107 cm³/mol. The van der Waals surface area contributed by atoms with E-state index >= 15 is 0 Å². The topological polar surface area (TPSA) is 59.5 Å². The molecule has 1 amide bonds. The maximum atomic E-state index is 12.3. The Labute approximate surface area is 158 Å². The summed E-state index contributed by atoms with van der Waals surface area (Å²) in [7, 11) is 0. The Balaban J connectivity index is 1.55. The van der Waals surface area contributed by atoms with Crippen LogP contribution >= 0.6 is 15.9 Å². The van der Waals surface area contributed by atoms with Gasteiger partial charge in [0.2, 0.25) is 0 Å². The molecule has 26 heavy (non-hydrogen) atoms. The number of halogens is 1. The first kappa shape index (κ1) is 16.6. The molecule has 0 radical (unpaired) electrons. The van der Waals surface area contributed by atoms with Gasteiger partial charge in [0, 0.05) is 39.1 Å². The van der Waals surface area contributed by atoms with Gasteiger partial charge in [0.1, 0.15) is 5.58 Å². The minimum atomic E-state index is -0.382. The Morgan fingerprint density at radius 3 is 2.96 bits per heavy atom. The van der Waals surface area contributed by atoms with Crippen LogP contribution in [0.2, 0.25) is 0 Å². The summed E-state index contributed by atoms with van der Waals surface area (Å²) in [5, 5.41) is 6.06. The summed E-state index contributed by atoms with van der Waals surface area (Å²) in [6, 6.07) is 15.4. The zero-order valence-corrected chi connectivity index (χ0v) is 15.7.